The van der Waals surface area contributed by atoms with Crippen molar-refractivity contribution in [3.05, 3.63) is 11.6 Å². The monoisotopic (exact) mass is 383 g/mol. The molecule has 0 radical (unpaired) electrons. The van der Waals surface area contributed by atoms with Crippen molar-refractivity contribution in [2.75, 3.05) is 19.0 Å². The minimum atomic E-state index is -0.958. The Balaban J connectivity index is 1.71. The van der Waals surface area contributed by atoms with Gasteiger partial charge in [0.2, 0.25) is 5.28 Å². The van der Waals surface area contributed by atoms with E-state index in [2.05, 4.69) is 20.3 Å². The number of anilines is 1. The van der Waals surface area contributed by atoms with E-state index in [0.29, 0.717) is 23.0 Å². The van der Waals surface area contributed by atoms with Crippen LogP contribution in [0.2, 0.25) is 5.28 Å². The first-order valence-corrected chi connectivity index (χ1v) is 9.14. The van der Waals surface area contributed by atoms with Crippen LogP contribution in [0, 0.1) is 0 Å². The lowest BCUT2D eigenvalue weighted by Gasteiger charge is -2.20. The highest BCUT2D eigenvalue weighted by Gasteiger charge is 2.45. The molecule has 0 amide bonds. The number of nitrogens with zero attached hydrogens (tertiary/aromatic N) is 4. The zero-order chi connectivity index (χ0) is 18.3. The number of aliphatic hydroxyl groups excluding tert-OH is 2. The minimum Gasteiger partial charge on any atom is -0.394 e. The van der Waals surface area contributed by atoms with Crippen LogP contribution < -0.4 is 5.32 Å². The van der Waals surface area contributed by atoms with Crippen LogP contribution in [0.15, 0.2) is 6.33 Å². The van der Waals surface area contributed by atoms with Gasteiger partial charge in [0.25, 0.3) is 0 Å². The minimum absolute atomic E-state index is 0.103. The van der Waals surface area contributed by atoms with Crippen molar-refractivity contribution >= 4 is 28.6 Å². The third-order valence-corrected chi connectivity index (χ3v) is 5.30. The number of hydrogen-bond donors (Lipinski definition) is 3. The van der Waals surface area contributed by atoms with Crippen molar-refractivity contribution in [3.8, 4) is 0 Å². The Hall–Kier alpha value is -1.52. The van der Waals surface area contributed by atoms with Gasteiger partial charge >= 0.3 is 0 Å². The molecule has 10 heteroatoms. The third kappa shape index (κ3) is 3.03. The molecule has 3 heterocycles. The second kappa shape index (κ2) is 7.24. The average Bonchev–Trinajstić information content (AvgIpc) is 3.33. The molecule has 0 aromatic carbocycles. The highest BCUT2D eigenvalue weighted by Crippen LogP contribution is 2.34. The highest BCUT2D eigenvalue weighted by molar-refractivity contribution is 6.28. The molecule has 142 valence electrons. The second-order valence-corrected chi connectivity index (χ2v) is 7.07. The Morgan fingerprint density at radius 2 is 2.15 bits per heavy atom. The van der Waals surface area contributed by atoms with Crippen molar-refractivity contribution < 1.29 is 19.7 Å². The summed E-state index contributed by atoms with van der Waals surface area (Å²) in [6, 6.07) is 0.351. The zero-order valence-electron chi connectivity index (χ0n) is 14.4. The smallest absolute Gasteiger partial charge is 0.226 e. The number of imidazole rings is 1. The average molecular weight is 384 g/mol. The van der Waals surface area contributed by atoms with Crippen LogP contribution >= 0.6 is 11.6 Å². The summed E-state index contributed by atoms with van der Waals surface area (Å²) in [7, 11) is 1.48. The van der Waals surface area contributed by atoms with Crippen LogP contribution in [0.25, 0.3) is 11.2 Å². The SMILES string of the molecule is COC1C(O)C(CO)OC1n1cnc2c(NC3CCCC3)nc(Cl)nc21. The van der Waals surface area contributed by atoms with Crippen LogP contribution in [0.1, 0.15) is 31.9 Å². The first-order chi connectivity index (χ1) is 12.6. The Morgan fingerprint density at radius 3 is 2.85 bits per heavy atom. The normalized spacial score (nSPS) is 29.7. The molecule has 9 nitrogen and oxygen atoms in total. The summed E-state index contributed by atoms with van der Waals surface area (Å²) >= 11 is 6.13. The van der Waals surface area contributed by atoms with E-state index in [-0.39, 0.29) is 11.9 Å². The quantitative estimate of drug-likeness (QED) is 0.657. The Morgan fingerprint density at radius 1 is 1.38 bits per heavy atom. The predicted octanol–water partition coefficient (Wildman–Crippen LogP) is 1.10. The van der Waals surface area contributed by atoms with Crippen LogP contribution in [-0.2, 0) is 9.47 Å². The van der Waals surface area contributed by atoms with E-state index in [1.54, 1.807) is 10.9 Å². The van der Waals surface area contributed by atoms with Gasteiger partial charge in [-0.25, -0.2) is 4.98 Å². The van der Waals surface area contributed by atoms with Crippen LogP contribution in [0.5, 0.6) is 0 Å². The van der Waals surface area contributed by atoms with E-state index in [9.17, 15) is 10.2 Å². The molecular formula is C16H22ClN5O4. The molecule has 2 aliphatic rings. The van der Waals surface area contributed by atoms with Gasteiger partial charge in [-0.15, -0.1) is 0 Å². The van der Waals surface area contributed by atoms with E-state index < -0.39 is 24.5 Å². The summed E-state index contributed by atoms with van der Waals surface area (Å²) in [4.78, 5) is 13.0. The number of rotatable bonds is 5. The van der Waals surface area contributed by atoms with Crippen LogP contribution in [0.4, 0.5) is 5.82 Å². The first kappa shape index (κ1) is 17.9. The number of nitrogens with one attached hydrogen (secondary N) is 1. The lowest BCUT2D eigenvalue weighted by Crippen LogP contribution is -2.34. The maximum atomic E-state index is 10.3. The van der Waals surface area contributed by atoms with Gasteiger partial charge in [-0.3, -0.25) is 4.57 Å². The van der Waals surface area contributed by atoms with Gasteiger partial charge in [-0.05, 0) is 24.4 Å². The number of aliphatic hydroxyl groups is 2. The van der Waals surface area contributed by atoms with E-state index in [4.69, 9.17) is 21.1 Å². The van der Waals surface area contributed by atoms with Crippen LogP contribution in [0.3, 0.4) is 0 Å². The maximum Gasteiger partial charge on any atom is 0.226 e. The van der Waals surface area contributed by atoms with E-state index in [1.165, 1.54) is 20.0 Å². The molecular weight excluding hydrogens is 362 g/mol. The van der Waals surface area contributed by atoms with Crippen LogP contribution in [-0.4, -0.2) is 67.8 Å². The molecule has 2 fully saturated rings. The summed E-state index contributed by atoms with van der Waals surface area (Å²) < 4.78 is 12.8. The lowest BCUT2D eigenvalue weighted by molar-refractivity contribution is -0.0583. The first-order valence-electron chi connectivity index (χ1n) is 8.76. The van der Waals surface area contributed by atoms with Gasteiger partial charge in [-0.1, -0.05) is 12.8 Å². The van der Waals surface area contributed by atoms with E-state index >= 15 is 0 Å². The fourth-order valence-electron chi connectivity index (χ4n) is 3.79. The Bertz CT molecular complexity index is 781. The number of ether oxygens (including phenoxy) is 2. The van der Waals surface area contributed by atoms with Gasteiger partial charge in [0.15, 0.2) is 23.2 Å². The van der Waals surface area contributed by atoms with Crippen molar-refractivity contribution in [1.29, 1.82) is 0 Å². The van der Waals surface area contributed by atoms with Gasteiger partial charge in [0, 0.05) is 13.2 Å². The standard InChI is InChI=1S/C16H22ClN5O4/c1-25-12-11(24)9(6-23)26-15(12)22-7-18-10-13(19-8-4-2-3-5-8)20-16(17)21-14(10)22/h7-9,11-12,15,23-24H,2-6H2,1H3,(H,19,20,21). The largest absolute Gasteiger partial charge is 0.394 e. The van der Waals surface area contributed by atoms with Crippen molar-refractivity contribution in [3.63, 3.8) is 0 Å². The molecule has 4 atom stereocenters. The van der Waals surface area contributed by atoms with Crippen molar-refractivity contribution in [1.82, 2.24) is 19.5 Å². The van der Waals surface area contributed by atoms with Gasteiger partial charge < -0.3 is 25.0 Å². The fraction of sp³-hybridized carbons (Fsp3) is 0.688. The predicted molar refractivity (Wildman–Crippen MR) is 94.0 cm³/mol. The zero-order valence-corrected chi connectivity index (χ0v) is 15.1. The molecule has 1 aliphatic carbocycles. The molecule has 0 spiro atoms. The Labute approximate surface area is 155 Å². The molecule has 4 rings (SSSR count). The molecule has 2 aromatic heterocycles. The highest BCUT2D eigenvalue weighted by atomic mass is 35.5. The van der Waals surface area contributed by atoms with Crippen molar-refractivity contribution in [2.45, 2.75) is 56.3 Å². The topological polar surface area (TPSA) is 115 Å². The Kier molecular flexibility index (Phi) is 4.98. The van der Waals surface area contributed by atoms with E-state index in [1.807, 2.05) is 0 Å². The molecule has 1 saturated heterocycles. The van der Waals surface area contributed by atoms with Gasteiger partial charge in [-0.2, -0.15) is 9.97 Å². The summed E-state index contributed by atoms with van der Waals surface area (Å²) in [5.74, 6) is 0.594. The fourth-order valence-corrected chi connectivity index (χ4v) is 3.95. The molecule has 3 N–H and O–H groups in total. The number of halogens is 1. The van der Waals surface area contributed by atoms with Gasteiger partial charge in [0.1, 0.15) is 18.3 Å². The number of aromatic nitrogens is 4. The van der Waals surface area contributed by atoms with Crippen molar-refractivity contribution in [2.24, 2.45) is 0 Å². The van der Waals surface area contributed by atoms with Gasteiger partial charge in [0.05, 0.1) is 12.9 Å². The number of hydrogen-bond acceptors (Lipinski definition) is 8. The second-order valence-electron chi connectivity index (χ2n) is 6.73. The molecule has 1 saturated carbocycles. The number of fused-ring (bicyclic) bond motifs is 1. The summed E-state index contributed by atoms with van der Waals surface area (Å²) in [6.45, 7) is -0.311. The molecule has 4 unspecified atom stereocenters. The maximum absolute atomic E-state index is 10.3. The molecule has 1 aliphatic heterocycles. The summed E-state index contributed by atoms with van der Waals surface area (Å²) in [6.07, 6.45) is 3.10. The van der Waals surface area contributed by atoms with E-state index in [0.717, 1.165) is 12.8 Å². The summed E-state index contributed by atoms with van der Waals surface area (Å²) in [5.41, 5.74) is 1.07. The lowest BCUT2D eigenvalue weighted by atomic mass is 10.1. The molecule has 0 bridgehead atoms. The molecule has 26 heavy (non-hydrogen) atoms. The molecule has 2 aromatic rings. The third-order valence-electron chi connectivity index (χ3n) is 5.13. The summed E-state index contributed by atoms with van der Waals surface area (Å²) in [5, 5.41) is 23.2. The number of methoxy groups -OCH3 is 1.